The number of hydrogen-bond acceptors (Lipinski definition) is 6. The molecule has 2 aromatic rings. The van der Waals surface area contributed by atoms with Gasteiger partial charge in [0.1, 0.15) is 0 Å². The molecule has 0 bridgehead atoms. The van der Waals surface area contributed by atoms with Crippen molar-refractivity contribution in [3.63, 3.8) is 0 Å². The van der Waals surface area contributed by atoms with E-state index in [4.69, 9.17) is 9.47 Å². The Labute approximate surface area is 301 Å². The van der Waals surface area contributed by atoms with E-state index in [2.05, 4.69) is 69.5 Å². The molecule has 0 amide bonds. The summed E-state index contributed by atoms with van der Waals surface area (Å²) in [6.07, 6.45) is 18.1. The lowest BCUT2D eigenvalue weighted by atomic mass is 9.72. The summed E-state index contributed by atoms with van der Waals surface area (Å²) in [6.45, 7) is 10.9. The molecule has 0 unspecified atom stereocenters. The Kier molecular flexibility index (Phi) is 16.3. The smallest absolute Gasteiger partial charge is 0.335 e. The zero-order chi connectivity index (χ0) is 35.9. The molecule has 4 rings (SSSR count). The summed E-state index contributed by atoms with van der Waals surface area (Å²) in [5.74, 6) is 1.01. The molecule has 2 fully saturated rings. The highest BCUT2D eigenvalue weighted by atomic mass is 16.5. The second kappa shape index (κ2) is 20.6. The predicted octanol–water partition coefficient (Wildman–Crippen LogP) is 9.31. The fourth-order valence-electron chi connectivity index (χ4n) is 8.11. The number of hydrogen-bond donors (Lipinski definition) is 2. The van der Waals surface area contributed by atoms with E-state index in [0.717, 1.165) is 38.0 Å². The largest absolute Gasteiger partial charge is 0.462 e. The lowest BCUT2D eigenvalue weighted by molar-refractivity contribution is -0.146. The molecule has 0 radical (unpaired) electrons. The summed E-state index contributed by atoms with van der Waals surface area (Å²) < 4.78 is 10.8. The molecule has 6 heteroatoms. The first-order valence-electron chi connectivity index (χ1n) is 19.4. The first-order valence-corrected chi connectivity index (χ1v) is 19.4. The zero-order valence-corrected chi connectivity index (χ0v) is 30.8. The molecule has 2 aliphatic carbocycles. The maximum absolute atomic E-state index is 12.1. The fraction of sp³-hybridized carbons (Fsp3) is 0.591. The van der Waals surface area contributed by atoms with E-state index in [-0.39, 0.29) is 36.2 Å². The Balaban J connectivity index is 1.21. The number of esters is 2. The highest BCUT2D eigenvalue weighted by Gasteiger charge is 2.31. The van der Waals surface area contributed by atoms with Gasteiger partial charge in [-0.05, 0) is 109 Å². The van der Waals surface area contributed by atoms with Gasteiger partial charge in [-0.15, -0.1) is 0 Å². The second-order valence-electron chi connectivity index (χ2n) is 15.0. The molecule has 0 aromatic heterocycles. The number of carbonyl (C=O) groups is 2. The molecule has 2 N–H and O–H groups in total. The Morgan fingerprint density at radius 1 is 0.720 bits per heavy atom. The Morgan fingerprint density at radius 3 is 1.78 bits per heavy atom. The van der Waals surface area contributed by atoms with Crippen LogP contribution in [0.3, 0.4) is 0 Å². The van der Waals surface area contributed by atoms with Crippen molar-refractivity contribution >= 4 is 11.9 Å². The van der Waals surface area contributed by atoms with Crippen LogP contribution in [-0.4, -0.2) is 48.6 Å². The normalized spacial score (nSPS) is 20.7. The first kappa shape index (κ1) is 39.6. The number of ether oxygens (including phenoxy) is 2. The van der Waals surface area contributed by atoms with E-state index in [1.165, 1.54) is 92.0 Å². The Morgan fingerprint density at radius 2 is 1.26 bits per heavy atom. The highest BCUT2D eigenvalue weighted by Crippen LogP contribution is 2.41. The van der Waals surface area contributed by atoms with Gasteiger partial charge in [-0.1, -0.05) is 108 Å². The van der Waals surface area contributed by atoms with E-state index in [9.17, 15) is 19.8 Å². The van der Waals surface area contributed by atoms with Crippen molar-refractivity contribution in [2.24, 2.45) is 23.7 Å². The zero-order valence-electron chi connectivity index (χ0n) is 30.8. The van der Waals surface area contributed by atoms with E-state index in [1.54, 1.807) is 0 Å². The number of benzene rings is 2. The van der Waals surface area contributed by atoms with Gasteiger partial charge in [-0.3, -0.25) is 0 Å². The van der Waals surface area contributed by atoms with E-state index in [0.29, 0.717) is 11.8 Å². The molecule has 0 spiro atoms. The van der Waals surface area contributed by atoms with Gasteiger partial charge in [0.15, 0.2) is 0 Å². The molecular weight excluding hydrogens is 624 g/mol. The standard InChI is InChI=1S/C44H62O6/c1-5-7-8-9-36-24-25-41(26-35(36)6-2)39-22-20-38(21-23-39)37-16-12-33(13-17-37)10-11-34-14-18-40(19-15-34)42(29-49-43(47)31(3)27-45)30-50-44(48)32(4)28-46/h20-26,33-34,37,40,42,45-46H,3-19,27-30H2,1-2H3. The van der Waals surface area contributed by atoms with Crippen LogP contribution < -0.4 is 0 Å². The van der Waals surface area contributed by atoms with Gasteiger partial charge in [-0.2, -0.15) is 0 Å². The maximum Gasteiger partial charge on any atom is 0.335 e. The second-order valence-corrected chi connectivity index (χ2v) is 15.0. The first-order chi connectivity index (χ1) is 24.3. The van der Waals surface area contributed by atoms with Gasteiger partial charge >= 0.3 is 11.9 Å². The molecule has 6 nitrogen and oxygen atoms in total. The van der Waals surface area contributed by atoms with E-state index < -0.39 is 25.2 Å². The molecule has 2 aliphatic rings. The molecule has 0 atom stereocenters. The highest BCUT2D eigenvalue weighted by molar-refractivity contribution is 5.88. The minimum Gasteiger partial charge on any atom is -0.462 e. The lowest BCUT2D eigenvalue weighted by Crippen LogP contribution is -2.31. The number of unbranched alkanes of at least 4 members (excludes halogenated alkanes) is 2. The van der Waals surface area contributed by atoms with Crippen LogP contribution in [0.5, 0.6) is 0 Å². The minimum atomic E-state index is -0.631. The van der Waals surface area contributed by atoms with Crippen molar-refractivity contribution in [3.8, 4) is 11.1 Å². The van der Waals surface area contributed by atoms with Crippen molar-refractivity contribution in [3.05, 3.63) is 83.5 Å². The third kappa shape index (κ3) is 11.7. The lowest BCUT2D eigenvalue weighted by Gasteiger charge is -2.35. The van der Waals surface area contributed by atoms with E-state index in [1.807, 2.05) is 0 Å². The summed E-state index contributed by atoms with van der Waals surface area (Å²) in [6, 6.07) is 16.5. The maximum atomic E-state index is 12.1. The van der Waals surface area contributed by atoms with Crippen LogP contribution in [0.25, 0.3) is 11.1 Å². The fourth-order valence-corrected chi connectivity index (χ4v) is 8.11. The molecule has 274 valence electrons. The van der Waals surface area contributed by atoms with Gasteiger partial charge in [0.25, 0.3) is 0 Å². The van der Waals surface area contributed by atoms with Gasteiger partial charge in [0.05, 0.1) is 37.6 Å². The molecular formula is C44H62O6. The van der Waals surface area contributed by atoms with Gasteiger partial charge in [0.2, 0.25) is 0 Å². The van der Waals surface area contributed by atoms with Crippen LogP contribution in [-0.2, 0) is 31.9 Å². The number of rotatable bonds is 19. The Hall–Kier alpha value is -3.22. The van der Waals surface area contributed by atoms with Gasteiger partial charge in [-0.25, -0.2) is 9.59 Å². The van der Waals surface area contributed by atoms with Gasteiger partial charge < -0.3 is 19.7 Å². The quantitative estimate of drug-likeness (QED) is 0.0870. The predicted molar refractivity (Wildman–Crippen MR) is 202 cm³/mol. The number of aliphatic hydroxyl groups excluding tert-OH is 2. The van der Waals surface area contributed by atoms with Crippen LogP contribution in [0, 0.1) is 23.7 Å². The Bertz CT molecular complexity index is 1350. The summed E-state index contributed by atoms with van der Waals surface area (Å²) >= 11 is 0. The van der Waals surface area contributed by atoms with Crippen molar-refractivity contribution in [2.75, 3.05) is 26.4 Å². The summed E-state index contributed by atoms with van der Waals surface area (Å²) in [4.78, 5) is 24.3. The summed E-state index contributed by atoms with van der Waals surface area (Å²) in [5, 5.41) is 18.4. The minimum absolute atomic E-state index is 0.00454. The molecule has 2 aromatic carbocycles. The summed E-state index contributed by atoms with van der Waals surface area (Å²) in [5.41, 5.74) is 7.16. The van der Waals surface area contributed by atoms with Crippen molar-refractivity contribution < 1.29 is 29.3 Å². The van der Waals surface area contributed by atoms with Crippen LogP contribution in [0.15, 0.2) is 66.8 Å². The molecule has 0 aliphatic heterocycles. The van der Waals surface area contributed by atoms with E-state index >= 15 is 0 Å². The summed E-state index contributed by atoms with van der Waals surface area (Å²) in [7, 11) is 0. The molecule has 50 heavy (non-hydrogen) atoms. The average molecular weight is 687 g/mol. The van der Waals surface area contributed by atoms with Crippen LogP contribution in [0.1, 0.15) is 120 Å². The number of aryl methyl sites for hydroxylation is 2. The van der Waals surface area contributed by atoms with Crippen molar-refractivity contribution in [2.45, 2.75) is 116 Å². The molecule has 0 heterocycles. The van der Waals surface area contributed by atoms with Gasteiger partial charge in [0, 0.05) is 5.92 Å². The average Bonchev–Trinajstić information content (AvgIpc) is 3.16. The third-order valence-electron chi connectivity index (χ3n) is 11.6. The topological polar surface area (TPSA) is 93.1 Å². The van der Waals surface area contributed by atoms with Crippen molar-refractivity contribution in [1.29, 1.82) is 0 Å². The van der Waals surface area contributed by atoms with Crippen molar-refractivity contribution in [1.82, 2.24) is 0 Å². The molecule has 2 saturated carbocycles. The van der Waals surface area contributed by atoms with Crippen LogP contribution in [0.2, 0.25) is 0 Å². The number of carbonyl (C=O) groups excluding carboxylic acids is 2. The van der Waals surface area contributed by atoms with Crippen LogP contribution >= 0.6 is 0 Å². The monoisotopic (exact) mass is 686 g/mol. The SMILES string of the molecule is C=C(CO)C(=O)OCC(COC(=O)C(=C)CO)C1CCC(CCC2CCC(c3ccc(-c4ccc(CCCCC)c(CC)c4)cc3)CC2)CC1. The molecule has 0 saturated heterocycles. The number of aliphatic hydroxyl groups is 2. The third-order valence-corrected chi connectivity index (χ3v) is 11.6. The van der Waals surface area contributed by atoms with Crippen LogP contribution in [0.4, 0.5) is 0 Å².